The standard InChI is InChI=1S/C20H23ClN6O2/c1-3-8-25-9-11-26(12-10-25)19-22-17-16(18(28)23-20(29)24(17)2)27(19)13-14-6-4-5-7-15(14)21/h3-7H,1,8-13H2,2H3,(H,23,28,29). The lowest BCUT2D eigenvalue weighted by Crippen LogP contribution is -2.47. The molecule has 1 aliphatic rings. The molecule has 29 heavy (non-hydrogen) atoms. The van der Waals surface area contributed by atoms with E-state index in [-0.39, 0.29) is 0 Å². The van der Waals surface area contributed by atoms with Crippen molar-refractivity contribution in [3.05, 3.63) is 68.3 Å². The molecule has 0 bridgehead atoms. The van der Waals surface area contributed by atoms with E-state index in [0.717, 1.165) is 38.3 Å². The molecule has 152 valence electrons. The van der Waals surface area contributed by atoms with Crippen molar-refractivity contribution in [2.45, 2.75) is 6.54 Å². The summed E-state index contributed by atoms with van der Waals surface area (Å²) in [7, 11) is 1.61. The zero-order valence-corrected chi connectivity index (χ0v) is 17.0. The second kappa shape index (κ2) is 7.88. The zero-order valence-electron chi connectivity index (χ0n) is 16.3. The third-order valence-corrected chi connectivity index (χ3v) is 5.68. The molecule has 0 unspecified atom stereocenters. The summed E-state index contributed by atoms with van der Waals surface area (Å²) in [5.41, 5.74) is 0.699. The summed E-state index contributed by atoms with van der Waals surface area (Å²) in [6.07, 6.45) is 1.90. The van der Waals surface area contributed by atoms with Gasteiger partial charge in [-0.05, 0) is 11.6 Å². The fourth-order valence-electron chi connectivity index (χ4n) is 3.72. The lowest BCUT2D eigenvalue weighted by Gasteiger charge is -2.34. The first-order valence-corrected chi connectivity index (χ1v) is 9.88. The molecule has 0 atom stereocenters. The molecule has 3 heterocycles. The highest BCUT2D eigenvalue weighted by Crippen LogP contribution is 2.24. The number of aryl methyl sites for hydroxylation is 1. The zero-order chi connectivity index (χ0) is 20.5. The summed E-state index contributed by atoms with van der Waals surface area (Å²) in [5, 5.41) is 0.623. The van der Waals surface area contributed by atoms with Crippen molar-refractivity contribution in [3.63, 3.8) is 0 Å². The largest absolute Gasteiger partial charge is 0.340 e. The number of aromatic nitrogens is 4. The predicted octanol–water partition coefficient (Wildman–Crippen LogP) is 1.43. The average molecular weight is 415 g/mol. The van der Waals surface area contributed by atoms with Gasteiger partial charge in [0.15, 0.2) is 11.2 Å². The number of anilines is 1. The summed E-state index contributed by atoms with van der Waals surface area (Å²) in [6.45, 7) is 8.32. The fraction of sp³-hybridized carbons (Fsp3) is 0.350. The number of benzene rings is 1. The Balaban J connectivity index is 1.83. The topological polar surface area (TPSA) is 79.2 Å². The number of halogens is 1. The third kappa shape index (κ3) is 3.61. The molecule has 0 saturated carbocycles. The maximum Gasteiger partial charge on any atom is 0.329 e. The van der Waals surface area contributed by atoms with Gasteiger partial charge >= 0.3 is 5.69 Å². The Hall–Kier alpha value is -2.84. The molecule has 9 heteroatoms. The Bertz CT molecular complexity index is 1170. The third-order valence-electron chi connectivity index (χ3n) is 5.32. The molecular weight excluding hydrogens is 392 g/mol. The number of piperazine rings is 1. The van der Waals surface area contributed by atoms with E-state index in [1.165, 1.54) is 4.57 Å². The van der Waals surface area contributed by atoms with Crippen molar-refractivity contribution in [1.29, 1.82) is 0 Å². The van der Waals surface area contributed by atoms with Crippen LogP contribution < -0.4 is 16.1 Å². The number of rotatable bonds is 5. The number of nitrogens with one attached hydrogen (secondary N) is 1. The van der Waals surface area contributed by atoms with E-state index in [1.807, 2.05) is 34.9 Å². The molecule has 1 aliphatic heterocycles. The highest BCUT2D eigenvalue weighted by atomic mass is 35.5. The Morgan fingerprint density at radius 2 is 1.93 bits per heavy atom. The number of nitrogens with zero attached hydrogens (tertiary/aromatic N) is 5. The van der Waals surface area contributed by atoms with E-state index in [4.69, 9.17) is 16.6 Å². The fourth-order valence-corrected chi connectivity index (χ4v) is 3.92. The number of aromatic amines is 1. The quantitative estimate of drug-likeness (QED) is 0.639. The summed E-state index contributed by atoms with van der Waals surface area (Å²) in [5.74, 6) is 0.671. The van der Waals surface area contributed by atoms with Gasteiger partial charge in [-0.2, -0.15) is 4.98 Å². The Kier molecular flexibility index (Phi) is 5.29. The van der Waals surface area contributed by atoms with Gasteiger partial charge in [-0.3, -0.25) is 23.8 Å². The molecule has 0 spiro atoms. The van der Waals surface area contributed by atoms with Gasteiger partial charge in [0.05, 0.1) is 6.54 Å². The number of H-pyrrole nitrogens is 1. The molecule has 1 fully saturated rings. The molecule has 2 aromatic heterocycles. The molecule has 0 amide bonds. The van der Waals surface area contributed by atoms with Crippen molar-refractivity contribution >= 4 is 28.7 Å². The van der Waals surface area contributed by atoms with E-state index in [0.29, 0.717) is 28.7 Å². The van der Waals surface area contributed by atoms with Crippen molar-refractivity contribution in [3.8, 4) is 0 Å². The van der Waals surface area contributed by atoms with E-state index >= 15 is 0 Å². The monoisotopic (exact) mass is 414 g/mol. The molecule has 4 rings (SSSR count). The van der Waals surface area contributed by atoms with Gasteiger partial charge in [-0.15, -0.1) is 6.58 Å². The normalized spacial score (nSPS) is 15.2. The molecule has 3 aromatic rings. The van der Waals surface area contributed by atoms with Crippen LogP contribution in [0.15, 0.2) is 46.5 Å². The van der Waals surface area contributed by atoms with E-state index in [1.54, 1.807) is 7.05 Å². The SMILES string of the molecule is C=CCN1CCN(c2nc3c(c(=O)[nH]c(=O)n3C)n2Cc2ccccc2Cl)CC1. The molecule has 1 N–H and O–H groups in total. The maximum atomic E-state index is 12.7. The molecule has 1 aromatic carbocycles. The van der Waals surface area contributed by atoms with Crippen LogP contribution in [0.1, 0.15) is 5.56 Å². The van der Waals surface area contributed by atoms with Crippen LogP contribution in [0.2, 0.25) is 5.02 Å². The minimum Gasteiger partial charge on any atom is -0.340 e. The minimum atomic E-state index is -0.479. The molecule has 1 saturated heterocycles. The first kappa shape index (κ1) is 19.5. The Morgan fingerprint density at radius 1 is 1.21 bits per heavy atom. The molecular formula is C20H23ClN6O2. The lowest BCUT2D eigenvalue weighted by molar-refractivity contribution is 0.282. The summed E-state index contributed by atoms with van der Waals surface area (Å²) < 4.78 is 3.23. The summed E-state index contributed by atoms with van der Waals surface area (Å²) >= 11 is 6.38. The van der Waals surface area contributed by atoms with Crippen molar-refractivity contribution in [2.24, 2.45) is 7.05 Å². The van der Waals surface area contributed by atoms with Crippen LogP contribution in [0.3, 0.4) is 0 Å². The average Bonchev–Trinajstić information content (AvgIpc) is 3.09. The number of hydrogen-bond donors (Lipinski definition) is 1. The maximum absolute atomic E-state index is 12.7. The van der Waals surface area contributed by atoms with Crippen LogP contribution in [0.25, 0.3) is 11.2 Å². The van der Waals surface area contributed by atoms with Gasteiger partial charge in [0, 0.05) is 44.8 Å². The summed E-state index contributed by atoms with van der Waals surface area (Å²) in [4.78, 5) is 36.3. The first-order valence-electron chi connectivity index (χ1n) is 9.50. The first-order chi connectivity index (χ1) is 14.0. The highest BCUT2D eigenvalue weighted by molar-refractivity contribution is 6.31. The van der Waals surface area contributed by atoms with Gasteiger partial charge in [-0.25, -0.2) is 4.79 Å². The Morgan fingerprint density at radius 3 is 2.62 bits per heavy atom. The second-order valence-electron chi connectivity index (χ2n) is 7.16. The van der Waals surface area contributed by atoms with Gasteiger partial charge < -0.3 is 4.90 Å². The van der Waals surface area contributed by atoms with Crippen LogP contribution in [-0.4, -0.2) is 56.7 Å². The van der Waals surface area contributed by atoms with Crippen LogP contribution in [0.5, 0.6) is 0 Å². The second-order valence-corrected chi connectivity index (χ2v) is 7.56. The molecule has 0 radical (unpaired) electrons. The Labute approximate surface area is 172 Å². The molecule has 8 nitrogen and oxygen atoms in total. The number of hydrogen-bond acceptors (Lipinski definition) is 5. The highest BCUT2D eigenvalue weighted by Gasteiger charge is 2.25. The van der Waals surface area contributed by atoms with Crippen molar-refractivity contribution in [1.82, 2.24) is 24.0 Å². The van der Waals surface area contributed by atoms with Crippen molar-refractivity contribution < 1.29 is 0 Å². The number of fused-ring (bicyclic) bond motifs is 1. The van der Waals surface area contributed by atoms with E-state index < -0.39 is 11.2 Å². The van der Waals surface area contributed by atoms with Crippen LogP contribution in [-0.2, 0) is 13.6 Å². The molecule has 0 aliphatic carbocycles. The summed E-state index contributed by atoms with van der Waals surface area (Å²) in [6, 6.07) is 7.53. The van der Waals surface area contributed by atoms with Crippen LogP contribution >= 0.6 is 11.6 Å². The van der Waals surface area contributed by atoms with Crippen LogP contribution in [0.4, 0.5) is 5.95 Å². The van der Waals surface area contributed by atoms with Gasteiger partial charge in [0.1, 0.15) is 0 Å². The predicted molar refractivity (Wildman–Crippen MR) is 115 cm³/mol. The van der Waals surface area contributed by atoms with Crippen LogP contribution in [0, 0.1) is 0 Å². The lowest BCUT2D eigenvalue weighted by atomic mass is 10.2. The van der Waals surface area contributed by atoms with Crippen molar-refractivity contribution in [2.75, 3.05) is 37.6 Å². The van der Waals surface area contributed by atoms with Gasteiger partial charge in [-0.1, -0.05) is 35.9 Å². The minimum absolute atomic E-state index is 0.370. The van der Waals surface area contributed by atoms with E-state index in [9.17, 15) is 9.59 Å². The number of imidazole rings is 1. The van der Waals surface area contributed by atoms with Gasteiger partial charge in [0.2, 0.25) is 5.95 Å². The smallest absolute Gasteiger partial charge is 0.329 e. The van der Waals surface area contributed by atoms with Gasteiger partial charge in [0.25, 0.3) is 5.56 Å². The van der Waals surface area contributed by atoms with E-state index in [2.05, 4.69) is 21.4 Å².